The molecule has 0 saturated carbocycles. The van der Waals surface area contributed by atoms with Crippen LogP contribution in [0.4, 0.5) is 11.4 Å². The summed E-state index contributed by atoms with van der Waals surface area (Å²) in [6.07, 6.45) is 7.30. The van der Waals surface area contributed by atoms with Crippen LogP contribution in [0.15, 0.2) is 90.2 Å². The summed E-state index contributed by atoms with van der Waals surface area (Å²) in [4.78, 5) is 37.6. The number of hydrogen-bond donors (Lipinski definition) is 1. The van der Waals surface area contributed by atoms with Gasteiger partial charge < -0.3 is 10.2 Å². The van der Waals surface area contributed by atoms with Crippen LogP contribution in [0.1, 0.15) is 28.0 Å². The van der Waals surface area contributed by atoms with Crippen molar-refractivity contribution < 1.29 is 9.59 Å². The number of dihydropyridines is 1. The van der Waals surface area contributed by atoms with E-state index in [0.717, 1.165) is 61.0 Å². The first-order valence-electron chi connectivity index (χ1n) is 12.8. The molecule has 0 radical (unpaired) electrons. The lowest BCUT2D eigenvalue weighted by Crippen LogP contribution is -2.48. The second kappa shape index (κ2) is 10.4. The first-order chi connectivity index (χ1) is 18.6. The molecule has 190 valence electrons. The monoisotopic (exact) mass is 504 g/mol. The highest BCUT2D eigenvalue weighted by molar-refractivity contribution is 6.03. The molecule has 0 bridgehead atoms. The SMILES string of the molecule is O=C1CC(c2ccc(Nc3ccc(C(=O)N4CCN(Cc5ccccc5)CC4)cc3)c3nccn23)=CC=N1. The van der Waals surface area contributed by atoms with Gasteiger partial charge in [0.05, 0.1) is 17.8 Å². The van der Waals surface area contributed by atoms with Crippen molar-refractivity contribution in [3.05, 3.63) is 102 Å². The number of allylic oxidation sites excluding steroid dienone is 1. The Bertz CT molecular complexity index is 1530. The third-order valence-corrected chi connectivity index (χ3v) is 7.03. The molecule has 0 unspecified atom stereocenters. The summed E-state index contributed by atoms with van der Waals surface area (Å²) in [6.45, 7) is 4.11. The van der Waals surface area contributed by atoms with Crippen LogP contribution < -0.4 is 5.32 Å². The van der Waals surface area contributed by atoms with Gasteiger partial charge in [-0.3, -0.25) is 18.9 Å². The van der Waals surface area contributed by atoms with Crippen molar-refractivity contribution in [1.29, 1.82) is 0 Å². The summed E-state index contributed by atoms with van der Waals surface area (Å²) in [6, 6.07) is 22.0. The number of rotatable bonds is 6. The van der Waals surface area contributed by atoms with Crippen LogP contribution in [0.3, 0.4) is 0 Å². The van der Waals surface area contributed by atoms with Crippen molar-refractivity contribution in [1.82, 2.24) is 19.2 Å². The summed E-state index contributed by atoms with van der Waals surface area (Å²) in [5.74, 6) is -0.0866. The molecule has 0 spiro atoms. The summed E-state index contributed by atoms with van der Waals surface area (Å²) in [7, 11) is 0. The maximum atomic E-state index is 13.1. The zero-order valence-electron chi connectivity index (χ0n) is 21.0. The topological polar surface area (TPSA) is 82.3 Å². The summed E-state index contributed by atoms with van der Waals surface area (Å²) >= 11 is 0. The average molecular weight is 505 g/mol. The Hall–Kier alpha value is -4.56. The van der Waals surface area contributed by atoms with Gasteiger partial charge in [0.1, 0.15) is 0 Å². The van der Waals surface area contributed by atoms with E-state index in [4.69, 9.17) is 0 Å². The quantitative estimate of drug-likeness (QED) is 0.420. The third kappa shape index (κ3) is 4.99. The fraction of sp³-hybridized carbons (Fsp3) is 0.200. The van der Waals surface area contributed by atoms with Gasteiger partial charge in [-0.15, -0.1) is 0 Å². The molecule has 1 fully saturated rings. The van der Waals surface area contributed by atoms with Crippen LogP contribution in [0.2, 0.25) is 0 Å². The third-order valence-electron chi connectivity index (χ3n) is 7.03. The number of nitrogens with one attached hydrogen (secondary N) is 1. The Morgan fingerprint density at radius 2 is 1.71 bits per heavy atom. The van der Waals surface area contributed by atoms with E-state index in [-0.39, 0.29) is 18.2 Å². The molecule has 0 atom stereocenters. The van der Waals surface area contributed by atoms with Crippen molar-refractivity contribution in [2.75, 3.05) is 31.5 Å². The van der Waals surface area contributed by atoms with E-state index in [0.29, 0.717) is 5.56 Å². The number of carbonyl (C=O) groups excluding carboxylic acids is 2. The van der Waals surface area contributed by atoms with Crippen molar-refractivity contribution in [2.45, 2.75) is 13.0 Å². The number of pyridine rings is 1. The zero-order chi connectivity index (χ0) is 25.9. The molecule has 2 aliphatic rings. The van der Waals surface area contributed by atoms with Crippen molar-refractivity contribution in [2.24, 2.45) is 4.99 Å². The van der Waals surface area contributed by atoms with Crippen molar-refractivity contribution in [3.63, 3.8) is 0 Å². The number of anilines is 2. The maximum Gasteiger partial charge on any atom is 0.253 e. The van der Waals surface area contributed by atoms with Crippen LogP contribution in [0.5, 0.6) is 0 Å². The molecule has 2 aromatic carbocycles. The van der Waals surface area contributed by atoms with Gasteiger partial charge in [-0.1, -0.05) is 30.3 Å². The predicted molar refractivity (Wildman–Crippen MR) is 149 cm³/mol. The van der Waals surface area contributed by atoms with E-state index in [1.165, 1.54) is 5.56 Å². The fourth-order valence-electron chi connectivity index (χ4n) is 5.01. The van der Waals surface area contributed by atoms with Crippen LogP contribution in [-0.4, -0.2) is 63.4 Å². The molecule has 1 N–H and O–H groups in total. The van der Waals surface area contributed by atoms with Crippen LogP contribution in [0, 0.1) is 0 Å². The Morgan fingerprint density at radius 3 is 2.47 bits per heavy atom. The lowest BCUT2D eigenvalue weighted by atomic mass is 10.1. The molecular formula is C30H28N6O2. The lowest BCUT2D eigenvalue weighted by Gasteiger charge is -2.34. The summed E-state index contributed by atoms with van der Waals surface area (Å²) in [5.41, 5.74) is 6.26. The number of aliphatic imine (C=N–C) groups is 1. The second-order valence-corrected chi connectivity index (χ2v) is 9.55. The molecule has 4 heterocycles. The van der Waals surface area contributed by atoms with Crippen LogP contribution in [-0.2, 0) is 11.3 Å². The number of imidazole rings is 1. The zero-order valence-corrected chi connectivity index (χ0v) is 21.0. The highest BCUT2D eigenvalue weighted by Crippen LogP contribution is 2.28. The first-order valence-corrected chi connectivity index (χ1v) is 12.8. The van der Waals surface area contributed by atoms with E-state index in [1.807, 2.05) is 64.0 Å². The number of benzene rings is 2. The highest BCUT2D eigenvalue weighted by Gasteiger charge is 2.22. The molecule has 2 amide bonds. The molecule has 8 heteroatoms. The lowest BCUT2D eigenvalue weighted by molar-refractivity contribution is -0.116. The molecule has 6 rings (SSSR count). The number of piperazine rings is 1. The number of aromatic nitrogens is 2. The van der Waals surface area contributed by atoms with Gasteiger partial charge in [-0.2, -0.15) is 0 Å². The molecule has 2 aliphatic heterocycles. The van der Waals surface area contributed by atoms with Gasteiger partial charge in [0.25, 0.3) is 5.91 Å². The predicted octanol–water partition coefficient (Wildman–Crippen LogP) is 4.42. The number of hydrogen-bond acceptors (Lipinski definition) is 5. The minimum atomic E-state index is -0.151. The average Bonchev–Trinajstić information content (AvgIpc) is 3.45. The van der Waals surface area contributed by atoms with Crippen molar-refractivity contribution >= 4 is 40.6 Å². The van der Waals surface area contributed by atoms with Crippen LogP contribution in [0.25, 0.3) is 11.2 Å². The van der Waals surface area contributed by atoms with Gasteiger partial charge in [-0.25, -0.2) is 9.98 Å². The number of fused-ring (bicyclic) bond motifs is 1. The second-order valence-electron chi connectivity index (χ2n) is 9.55. The summed E-state index contributed by atoms with van der Waals surface area (Å²) in [5, 5.41) is 3.42. The molecular weight excluding hydrogens is 476 g/mol. The van der Waals surface area contributed by atoms with Gasteiger partial charge in [-0.05, 0) is 53.6 Å². The first kappa shape index (κ1) is 23.8. The van der Waals surface area contributed by atoms with E-state index in [2.05, 4.69) is 44.5 Å². The van der Waals surface area contributed by atoms with E-state index in [1.54, 1.807) is 12.4 Å². The van der Waals surface area contributed by atoms with E-state index >= 15 is 0 Å². The smallest absolute Gasteiger partial charge is 0.253 e. The molecule has 8 nitrogen and oxygen atoms in total. The Balaban J connectivity index is 1.10. The van der Waals surface area contributed by atoms with Gasteiger partial charge in [0.2, 0.25) is 5.91 Å². The number of carbonyl (C=O) groups is 2. The molecule has 38 heavy (non-hydrogen) atoms. The number of nitrogens with zero attached hydrogens (tertiary/aromatic N) is 5. The summed E-state index contributed by atoms with van der Waals surface area (Å²) < 4.78 is 1.97. The van der Waals surface area contributed by atoms with E-state index in [9.17, 15) is 9.59 Å². The van der Waals surface area contributed by atoms with Crippen LogP contribution >= 0.6 is 0 Å². The Morgan fingerprint density at radius 1 is 0.921 bits per heavy atom. The standard InChI is InChI=1S/C30H28N6O2/c37-28-20-24(12-13-31-28)27-11-10-26(29-32-14-15-36(27)29)33-25-8-6-23(7-9-25)30(38)35-18-16-34(17-19-35)21-22-4-2-1-3-5-22/h1-15,33H,16-21H2. The minimum Gasteiger partial charge on any atom is -0.352 e. The highest BCUT2D eigenvalue weighted by atomic mass is 16.2. The molecule has 0 aliphatic carbocycles. The van der Waals surface area contributed by atoms with Gasteiger partial charge >= 0.3 is 0 Å². The Kier molecular flexibility index (Phi) is 6.54. The normalized spacial score (nSPS) is 16.1. The largest absolute Gasteiger partial charge is 0.352 e. The van der Waals surface area contributed by atoms with E-state index < -0.39 is 0 Å². The van der Waals surface area contributed by atoms with Gasteiger partial charge in [0.15, 0.2) is 5.65 Å². The number of amides is 2. The minimum absolute atomic E-state index is 0.0646. The van der Waals surface area contributed by atoms with Gasteiger partial charge in [0, 0.05) is 62.6 Å². The molecule has 2 aromatic heterocycles. The fourth-order valence-corrected chi connectivity index (χ4v) is 5.01. The molecule has 4 aromatic rings. The molecule has 1 saturated heterocycles. The van der Waals surface area contributed by atoms with Crippen molar-refractivity contribution in [3.8, 4) is 0 Å². The Labute approximate surface area is 220 Å². The maximum absolute atomic E-state index is 13.1.